The summed E-state index contributed by atoms with van der Waals surface area (Å²) >= 11 is 0. The lowest BCUT2D eigenvalue weighted by atomic mass is 9.85. The van der Waals surface area contributed by atoms with E-state index in [0.29, 0.717) is 11.8 Å². The summed E-state index contributed by atoms with van der Waals surface area (Å²) in [6, 6.07) is 0. The number of piperidine rings is 1. The molecule has 2 heterocycles. The molecule has 0 amide bonds. The van der Waals surface area contributed by atoms with E-state index in [9.17, 15) is 5.11 Å². The summed E-state index contributed by atoms with van der Waals surface area (Å²) in [6.45, 7) is 7.03. The van der Waals surface area contributed by atoms with E-state index in [1.54, 1.807) is 0 Å². The second-order valence-corrected chi connectivity index (χ2v) is 5.37. The third-order valence-corrected chi connectivity index (χ3v) is 3.94. The number of fused-ring (bicyclic) bond motifs is 2. The molecule has 2 rings (SSSR count). The minimum absolute atomic E-state index is 0.111. The quantitative estimate of drug-likeness (QED) is 0.723. The summed E-state index contributed by atoms with van der Waals surface area (Å²) < 4.78 is 5.51. The molecular formula is C13H25NO2. The van der Waals surface area contributed by atoms with Crippen LogP contribution >= 0.6 is 0 Å². The highest BCUT2D eigenvalue weighted by Crippen LogP contribution is 2.27. The van der Waals surface area contributed by atoms with Crippen LogP contribution in [0.4, 0.5) is 0 Å². The molecule has 2 aliphatic heterocycles. The van der Waals surface area contributed by atoms with Gasteiger partial charge in [0, 0.05) is 24.9 Å². The van der Waals surface area contributed by atoms with E-state index < -0.39 is 0 Å². The van der Waals surface area contributed by atoms with E-state index >= 15 is 0 Å². The number of aliphatic hydroxyl groups is 1. The third-order valence-electron chi connectivity index (χ3n) is 3.94. The van der Waals surface area contributed by atoms with E-state index in [2.05, 4.69) is 11.8 Å². The number of aliphatic hydroxyl groups excluding tert-OH is 1. The molecule has 0 aromatic rings. The van der Waals surface area contributed by atoms with Gasteiger partial charge in [0.25, 0.3) is 0 Å². The maximum Gasteiger partial charge on any atom is 0.0665 e. The maximum absolute atomic E-state index is 10.0. The van der Waals surface area contributed by atoms with Gasteiger partial charge >= 0.3 is 0 Å². The van der Waals surface area contributed by atoms with Crippen molar-refractivity contribution in [3.63, 3.8) is 0 Å². The summed E-state index contributed by atoms with van der Waals surface area (Å²) in [7, 11) is 0. The Morgan fingerprint density at radius 3 is 2.44 bits per heavy atom. The van der Waals surface area contributed by atoms with Crippen molar-refractivity contribution in [2.45, 2.75) is 38.7 Å². The predicted molar refractivity (Wildman–Crippen MR) is 64.4 cm³/mol. The van der Waals surface area contributed by atoms with Crippen LogP contribution in [0.15, 0.2) is 0 Å². The van der Waals surface area contributed by atoms with Gasteiger partial charge in [-0.3, -0.25) is 0 Å². The molecule has 2 unspecified atom stereocenters. The van der Waals surface area contributed by atoms with Crippen LogP contribution in [0.5, 0.6) is 0 Å². The van der Waals surface area contributed by atoms with Crippen molar-refractivity contribution < 1.29 is 9.84 Å². The smallest absolute Gasteiger partial charge is 0.0665 e. The average Bonchev–Trinajstić information content (AvgIpc) is 2.25. The molecule has 0 saturated carbocycles. The summed E-state index contributed by atoms with van der Waals surface area (Å²) in [5.74, 6) is 0.720. The maximum atomic E-state index is 10.0. The molecule has 3 heteroatoms. The first-order valence-electron chi connectivity index (χ1n) is 6.79. The molecular weight excluding hydrogens is 202 g/mol. The molecule has 3 nitrogen and oxygen atoms in total. The Morgan fingerprint density at radius 2 is 1.81 bits per heavy atom. The van der Waals surface area contributed by atoms with Crippen molar-refractivity contribution in [2.75, 3.05) is 32.8 Å². The molecule has 0 aromatic carbocycles. The predicted octanol–water partition coefficient (Wildman–Crippen LogP) is 1.51. The van der Waals surface area contributed by atoms with Gasteiger partial charge in [-0.2, -0.15) is 0 Å². The zero-order chi connectivity index (χ0) is 11.4. The van der Waals surface area contributed by atoms with Gasteiger partial charge in [-0.05, 0) is 13.0 Å². The van der Waals surface area contributed by atoms with Crippen molar-refractivity contribution in [3.8, 4) is 0 Å². The zero-order valence-corrected chi connectivity index (χ0v) is 10.4. The van der Waals surface area contributed by atoms with Crippen LogP contribution in [0.1, 0.15) is 32.6 Å². The second kappa shape index (κ2) is 5.99. The lowest BCUT2D eigenvalue weighted by Crippen LogP contribution is -2.55. The molecule has 0 aromatic heterocycles. The third kappa shape index (κ3) is 2.96. The van der Waals surface area contributed by atoms with Crippen molar-refractivity contribution in [1.29, 1.82) is 0 Å². The summed E-state index contributed by atoms with van der Waals surface area (Å²) in [5, 5.41) is 10.0. The SMILES string of the molecule is CCCCCCN1CC2COCC(C1)C2O. The molecule has 16 heavy (non-hydrogen) atoms. The number of hydrogen-bond acceptors (Lipinski definition) is 3. The molecule has 2 aliphatic rings. The van der Waals surface area contributed by atoms with E-state index in [1.165, 1.54) is 32.2 Å². The van der Waals surface area contributed by atoms with Crippen molar-refractivity contribution in [2.24, 2.45) is 11.8 Å². The van der Waals surface area contributed by atoms with Gasteiger partial charge in [0.2, 0.25) is 0 Å². The second-order valence-electron chi connectivity index (χ2n) is 5.37. The van der Waals surface area contributed by atoms with Crippen LogP contribution in [0.3, 0.4) is 0 Å². The molecule has 94 valence electrons. The Labute approximate surface area is 98.8 Å². The van der Waals surface area contributed by atoms with Gasteiger partial charge in [0.05, 0.1) is 19.3 Å². The van der Waals surface area contributed by atoms with Gasteiger partial charge in [-0.15, -0.1) is 0 Å². The highest BCUT2D eigenvalue weighted by atomic mass is 16.5. The van der Waals surface area contributed by atoms with Crippen LogP contribution in [0.25, 0.3) is 0 Å². The van der Waals surface area contributed by atoms with Gasteiger partial charge in [-0.1, -0.05) is 26.2 Å². The fraction of sp³-hybridized carbons (Fsp3) is 1.00. The van der Waals surface area contributed by atoms with Crippen LogP contribution in [0.2, 0.25) is 0 Å². The minimum atomic E-state index is -0.111. The van der Waals surface area contributed by atoms with E-state index in [-0.39, 0.29) is 6.10 Å². The molecule has 2 saturated heterocycles. The lowest BCUT2D eigenvalue weighted by molar-refractivity contribution is -0.123. The Balaban J connectivity index is 1.72. The first kappa shape index (κ1) is 12.3. The number of likely N-dealkylation sites (tertiary alicyclic amines) is 1. The van der Waals surface area contributed by atoms with Gasteiger partial charge in [-0.25, -0.2) is 0 Å². The van der Waals surface area contributed by atoms with Crippen LogP contribution in [-0.2, 0) is 4.74 Å². The molecule has 1 N–H and O–H groups in total. The zero-order valence-electron chi connectivity index (χ0n) is 10.4. The van der Waals surface area contributed by atoms with Crippen molar-refractivity contribution >= 4 is 0 Å². The Morgan fingerprint density at radius 1 is 1.12 bits per heavy atom. The number of rotatable bonds is 5. The summed E-state index contributed by atoms with van der Waals surface area (Å²) in [5.41, 5.74) is 0. The fourth-order valence-electron chi connectivity index (χ4n) is 2.96. The number of ether oxygens (including phenoxy) is 1. The highest BCUT2D eigenvalue weighted by Gasteiger charge is 2.38. The first-order valence-corrected chi connectivity index (χ1v) is 6.79. The number of unbranched alkanes of at least 4 members (excludes halogenated alkanes) is 3. The molecule has 2 bridgehead atoms. The normalized spacial score (nSPS) is 35.2. The van der Waals surface area contributed by atoms with Crippen LogP contribution < -0.4 is 0 Å². The Kier molecular flexibility index (Phi) is 4.62. The van der Waals surface area contributed by atoms with Gasteiger partial charge in [0.15, 0.2) is 0 Å². The van der Waals surface area contributed by atoms with Gasteiger partial charge in [0.1, 0.15) is 0 Å². The fourth-order valence-corrected chi connectivity index (χ4v) is 2.96. The first-order chi connectivity index (χ1) is 7.81. The van der Waals surface area contributed by atoms with E-state index in [0.717, 1.165) is 26.3 Å². The molecule has 2 atom stereocenters. The molecule has 0 aliphatic carbocycles. The largest absolute Gasteiger partial charge is 0.392 e. The number of hydrogen-bond donors (Lipinski definition) is 1. The van der Waals surface area contributed by atoms with Crippen LogP contribution in [0, 0.1) is 11.8 Å². The Hall–Kier alpha value is -0.120. The summed E-state index contributed by atoms with van der Waals surface area (Å²) in [6.07, 6.45) is 5.20. The standard InChI is InChI=1S/C13H25NO2/c1-2-3-4-5-6-14-7-11-9-16-10-12(8-14)13(11)15/h11-13,15H,2-10H2,1H3. The van der Waals surface area contributed by atoms with E-state index in [4.69, 9.17) is 4.74 Å². The molecule has 2 fully saturated rings. The monoisotopic (exact) mass is 227 g/mol. The van der Waals surface area contributed by atoms with Crippen molar-refractivity contribution in [3.05, 3.63) is 0 Å². The van der Waals surface area contributed by atoms with E-state index in [1.807, 2.05) is 0 Å². The van der Waals surface area contributed by atoms with Gasteiger partial charge < -0.3 is 14.7 Å². The Bertz CT molecular complexity index is 196. The van der Waals surface area contributed by atoms with Crippen molar-refractivity contribution in [1.82, 2.24) is 4.90 Å². The topological polar surface area (TPSA) is 32.7 Å². The lowest BCUT2D eigenvalue weighted by Gasteiger charge is -2.44. The molecule has 0 spiro atoms. The highest BCUT2D eigenvalue weighted by molar-refractivity contribution is 4.89. The molecule has 0 radical (unpaired) electrons. The average molecular weight is 227 g/mol. The summed E-state index contributed by atoms with van der Waals surface area (Å²) in [4.78, 5) is 2.53. The number of nitrogens with zero attached hydrogens (tertiary/aromatic N) is 1. The van der Waals surface area contributed by atoms with Crippen LogP contribution in [-0.4, -0.2) is 49.0 Å². The minimum Gasteiger partial charge on any atom is -0.392 e.